The van der Waals surface area contributed by atoms with Gasteiger partial charge >= 0.3 is 12.1 Å². The van der Waals surface area contributed by atoms with Gasteiger partial charge in [-0.3, -0.25) is 14.9 Å². The van der Waals surface area contributed by atoms with E-state index in [-0.39, 0.29) is 42.0 Å². The summed E-state index contributed by atoms with van der Waals surface area (Å²) >= 11 is 6.73. The fourth-order valence-corrected chi connectivity index (χ4v) is 7.58. The molecule has 0 saturated carbocycles. The normalized spacial score (nSPS) is 30.9. The van der Waals surface area contributed by atoms with Gasteiger partial charge in [0.05, 0.1) is 31.0 Å². The van der Waals surface area contributed by atoms with Gasteiger partial charge in [-0.1, -0.05) is 49.2 Å². The van der Waals surface area contributed by atoms with Crippen LogP contribution >= 0.6 is 11.6 Å². The zero-order valence-corrected chi connectivity index (χ0v) is 32.2. The first-order valence-corrected chi connectivity index (χ1v) is 18.1. The quantitative estimate of drug-likeness (QED) is 0.170. The molecule has 0 radical (unpaired) electrons. The first-order valence-electron chi connectivity index (χ1n) is 17.7. The lowest BCUT2D eigenvalue weighted by atomic mass is 9.83. The van der Waals surface area contributed by atoms with E-state index in [9.17, 15) is 28.3 Å². The minimum atomic E-state index is -1.85. The predicted octanol–water partition coefficient (Wildman–Crippen LogP) is 6.11. The van der Waals surface area contributed by atoms with Gasteiger partial charge in [0.15, 0.2) is 5.72 Å². The number of carbonyl (C=O) groups is 3. The number of nitrogen functional groups attached to an aromatic ring is 1. The lowest BCUT2D eigenvalue weighted by molar-refractivity contribution is -0.154. The van der Waals surface area contributed by atoms with Crippen molar-refractivity contribution in [1.82, 2.24) is 5.32 Å². The molecule has 15 heteroatoms. The Bertz CT molecular complexity index is 1840. The second-order valence-corrected chi connectivity index (χ2v) is 15.0. The number of rotatable bonds is 7. The molecule has 2 aromatic rings. The topological polar surface area (TPSA) is 162 Å². The van der Waals surface area contributed by atoms with Crippen LogP contribution in [0.25, 0.3) is 0 Å². The van der Waals surface area contributed by atoms with Crippen LogP contribution in [0.5, 0.6) is 5.75 Å². The van der Waals surface area contributed by atoms with E-state index in [1.807, 2.05) is 13.0 Å². The Hall–Kier alpha value is -4.24. The van der Waals surface area contributed by atoms with E-state index in [1.54, 1.807) is 52.1 Å². The summed E-state index contributed by atoms with van der Waals surface area (Å²) in [6.07, 6.45) is 0.658. The number of anilines is 2. The third-order valence-electron chi connectivity index (χ3n) is 10.7. The molecule has 2 aromatic carbocycles. The van der Waals surface area contributed by atoms with E-state index < -0.39 is 77.2 Å². The number of halogens is 3. The molecule has 294 valence electrons. The van der Waals surface area contributed by atoms with E-state index in [0.717, 1.165) is 23.3 Å². The van der Waals surface area contributed by atoms with Gasteiger partial charge in [0, 0.05) is 39.0 Å². The number of carbonyl (C=O) groups excluding carboxylic acids is 3. The maximum atomic E-state index is 14.6. The van der Waals surface area contributed by atoms with Gasteiger partial charge in [0.1, 0.15) is 46.3 Å². The molecule has 0 unspecified atom stereocenters. The van der Waals surface area contributed by atoms with Crippen molar-refractivity contribution in [1.29, 1.82) is 0 Å². The lowest BCUT2D eigenvalue weighted by Crippen LogP contribution is -2.63. The van der Waals surface area contributed by atoms with E-state index >= 15 is 0 Å². The Labute approximate surface area is 318 Å². The van der Waals surface area contributed by atoms with Crippen LogP contribution in [0.4, 0.5) is 25.0 Å². The molecule has 8 atom stereocenters. The monoisotopic (exact) mass is 775 g/mol. The van der Waals surface area contributed by atoms with E-state index in [1.165, 1.54) is 19.1 Å². The molecule has 2 amide bonds. The third-order valence-corrected chi connectivity index (χ3v) is 11.0. The van der Waals surface area contributed by atoms with Crippen LogP contribution in [-0.4, -0.2) is 80.1 Å². The summed E-state index contributed by atoms with van der Waals surface area (Å²) in [5, 5.41) is 14.4. The molecule has 3 aliphatic rings. The van der Waals surface area contributed by atoms with Gasteiger partial charge < -0.3 is 39.4 Å². The lowest BCUT2D eigenvalue weighted by Gasteiger charge is -2.42. The fourth-order valence-electron chi connectivity index (χ4n) is 7.27. The molecular weight excluding hydrogens is 728 g/mol. The zero-order valence-electron chi connectivity index (χ0n) is 31.4. The number of hydrogen-bond acceptors (Lipinski definition) is 10. The van der Waals surface area contributed by atoms with Crippen molar-refractivity contribution in [3.05, 3.63) is 75.9 Å². The number of allylic oxidation sites excluding steroid dienone is 3. The first-order chi connectivity index (χ1) is 25.4. The summed E-state index contributed by atoms with van der Waals surface area (Å²) in [6.45, 7) is 7.02. The molecule has 4 bridgehead atoms. The smallest absolute Gasteiger partial charge is 0.409 e. The summed E-state index contributed by atoms with van der Waals surface area (Å²) in [7, 11) is 4.44. The maximum Gasteiger partial charge on any atom is 0.409 e. The van der Waals surface area contributed by atoms with Crippen LogP contribution in [0.2, 0.25) is 5.02 Å². The second kappa shape index (κ2) is 16.2. The highest BCUT2D eigenvalue weighted by molar-refractivity contribution is 6.35. The molecule has 4 N–H and O–H groups in total. The van der Waals surface area contributed by atoms with E-state index in [2.05, 4.69) is 5.32 Å². The summed E-state index contributed by atoms with van der Waals surface area (Å²) in [4.78, 5) is 41.7. The number of methoxy groups -OCH3 is 2. The minimum absolute atomic E-state index is 0.0625. The fraction of sp³-hybridized carbons (Fsp3) is 0.513. The highest BCUT2D eigenvalue weighted by Crippen LogP contribution is 2.49. The van der Waals surface area contributed by atoms with E-state index in [0.29, 0.717) is 17.9 Å². The van der Waals surface area contributed by atoms with Crippen LogP contribution in [-0.2, 0) is 35.0 Å². The number of ether oxygens (including phenoxy) is 5. The van der Waals surface area contributed by atoms with Gasteiger partial charge in [-0.2, -0.15) is 0 Å². The first kappa shape index (κ1) is 40.9. The van der Waals surface area contributed by atoms with Crippen LogP contribution in [0.15, 0.2) is 48.1 Å². The van der Waals surface area contributed by atoms with Crippen molar-refractivity contribution in [2.75, 3.05) is 31.9 Å². The molecule has 54 heavy (non-hydrogen) atoms. The SMILES string of the molecule is COc1cc2cc(c1Cl)N(C)C(=O)C[C@H](OC(=O)CC[C@H](C)c1cc(F)c(N)cc1F)[C@]1(C)O[C@H]1[C@H](C)[C@@H]1C[C@@](O)(NC(=O)O1)[C@H](OC)/C=C/C=C(\C)C2. The maximum absolute atomic E-state index is 14.6. The van der Waals surface area contributed by atoms with Gasteiger partial charge in [0.25, 0.3) is 0 Å². The molecule has 0 aromatic heterocycles. The number of epoxide rings is 1. The molecule has 3 heterocycles. The predicted molar refractivity (Wildman–Crippen MR) is 197 cm³/mol. The molecule has 0 aliphatic carbocycles. The van der Waals surface area contributed by atoms with Crippen LogP contribution < -0.4 is 20.7 Å². The zero-order chi connectivity index (χ0) is 39.7. The van der Waals surface area contributed by atoms with Crippen molar-refractivity contribution in [2.24, 2.45) is 5.92 Å². The average Bonchev–Trinajstić information content (AvgIpc) is 3.81. The van der Waals surface area contributed by atoms with Crippen molar-refractivity contribution < 1.29 is 52.0 Å². The molecule has 0 spiro atoms. The summed E-state index contributed by atoms with van der Waals surface area (Å²) in [5.41, 5.74) is 4.23. The number of esters is 1. The van der Waals surface area contributed by atoms with Crippen molar-refractivity contribution in [2.45, 2.75) is 101 Å². The number of nitrogens with two attached hydrogens (primary N) is 1. The van der Waals surface area contributed by atoms with Gasteiger partial charge in [-0.25, -0.2) is 13.6 Å². The largest absolute Gasteiger partial charge is 0.495 e. The molecule has 3 aliphatic heterocycles. The Kier molecular flexibility index (Phi) is 12.3. The number of hydrogen-bond donors (Lipinski definition) is 3. The molecular formula is C39H48ClF2N3O9. The number of nitrogens with one attached hydrogen (secondary N) is 1. The Morgan fingerprint density at radius 1 is 1.20 bits per heavy atom. The van der Waals surface area contributed by atoms with Crippen molar-refractivity contribution in [3.8, 4) is 5.75 Å². The molecule has 12 nitrogen and oxygen atoms in total. The van der Waals surface area contributed by atoms with Gasteiger partial charge in [-0.05, 0) is 61.9 Å². The molecule has 2 saturated heterocycles. The average molecular weight is 776 g/mol. The minimum Gasteiger partial charge on any atom is -0.495 e. The second-order valence-electron chi connectivity index (χ2n) is 14.6. The number of fused-ring (bicyclic) bond motifs is 5. The highest BCUT2D eigenvalue weighted by Gasteiger charge is 2.64. The number of nitrogens with zero attached hydrogens (tertiary/aromatic N) is 1. The Balaban J connectivity index is 1.48. The van der Waals surface area contributed by atoms with Gasteiger partial charge in [-0.15, -0.1) is 0 Å². The molecule has 5 rings (SSSR count). The summed E-state index contributed by atoms with van der Waals surface area (Å²) < 4.78 is 57.8. The summed E-state index contributed by atoms with van der Waals surface area (Å²) in [5.74, 6) is -3.38. The van der Waals surface area contributed by atoms with E-state index in [4.69, 9.17) is 41.0 Å². The Morgan fingerprint density at radius 2 is 1.93 bits per heavy atom. The summed E-state index contributed by atoms with van der Waals surface area (Å²) in [6, 6.07) is 5.46. The Morgan fingerprint density at radius 3 is 2.61 bits per heavy atom. The van der Waals surface area contributed by atoms with Crippen molar-refractivity contribution in [3.63, 3.8) is 0 Å². The number of amides is 2. The standard InChI is InChI=1S/C39H48ClF2N3O9/c1-20-9-8-10-31(51-7)39(49)19-30(52-37(48)44-39)22(3)36-38(4,54-36)32(18-33(46)45(5)28-14-23(13-20)15-29(50-6)35(28)40)53-34(47)12-11-21(2)24-16-26(42)27(43)17-25(24)41/h8-10,14-17,21-22,30-32,36,49H,11-13,18-19,43H2,1-7H3,(H,44,48)/b10-8+,20-9+/t21-,22+,30-,31+,32-,36-,38-,39-/m0/s1. The third kappa shape index (κ3) is 8.67. The molecule has 2 fully saturated rings. The van der Waals surface area contributed by atoms with Crippen LogP contribution in [0.1, 0.15) is 70.4 Å². The van der Waals surface area contributed by atoms with Gasteiger partial charge in [0.2, 0.25) is 5.91 Å². The van der Waals surface area contributed by atoms with Crippen LogP contribution in [0.3, 0.4) is 0 Å². The van der Waals surface area contributed by atoms with Crippen molar-refractivity contribution >= 4 is 40.9 Å². The number of benzene rings is 2. The number of aliphatic hydroxyl groups is 1. The van der Waals surface area contributed by atoms with Crippen LogP contribution in [0, 0.1) is 17.6 Å². The number of alkyl carbamates (subject to hydrolysis) is 1. The highest BCUT2D eigenvalue weighted by atomic mass is 35.5.